The van der Waals surface area contributed by atoms with Crippen molar-refractivity contribution in [2.24, 2.45) is 0 Å². The number of halogens is 1. The molecule has 13 heavy (non-hydrogen) atoms. The van der Waals surface area contributed by atoms with E-state index in [0.717, 1.165) is 11.7 Å². The Morgan fingerprint density at radius 1 is 1.62 bits per heavy atom. The summed E-state index contributed by atoms with van der Waals surface area (Å²) in [7, 11) is 0. The molecule has 1 aliphatic carbocycles. The van der Waals surface area contributed by atoms with Crippen LogP contribution >= 0.6 is 23.1 Å². The molecule has 1 aliphatic rings. The Labute approximate surface area is 86.9 Å². The van der Waals surface area contributed by atoms with Crippen molar-refractivity contribution in [1.82, 2.24) is 9.36 Å². The molecule has 1 saturated carbocycles. The Bertz CT molecular complexity index is 248. The summed E-state index contributed by atoms with van der Waals surface area (Å²) in [6, 6.07) is 0.659. The molecule has 0 N–H and O–H groups in total. The predicted octanol–water partition coefficient (Wildman–Crippen LogP) is 2.14. The molecule has 2 rings (SSSR count). The number of hydrogen-bond acceptors (Lipinski definition) is 4. The highest BCUT2D eigenvalue weighted by molar-refractivity contribution is 7.09. The molecule has 0 atom stereocenters. The van der Waals surface area contributed by atoms with E-state index < -0.39 is 0 Å². The maximum absolute atomic E-state index is 5.75. The van der Waals surface area contributed by atoms with Gasteiger partial charge in [-0.05, 0) is 19.3 Å². The quantitative estimate of drug-likeness (QED) is 0.724. The van der Waals surface area contributed by atoms with Gasteiger partial charge in [-0.3, -0.25) is 0 Å². The Balaban J connectivity index is 2.04. The standard InChI is InChI=1S/C8H12ClN3S/c9-4-5-12(7-2-1-3-7)8-10-6-11-13-8/h6-7H,1-5H2. The smallest absolute Gasteiger partial charge is 0.205 e. The lowest BCUT2D eigenvalue weighted by molar-refractivity contribution is 0.390. The second-order valence-electron chi connectivity index (χ2n) is 3.19. The molecule has 0 saturated heterocycles. The van der Waals surface area contributed by atoms with Crippen molar-refractivity contribution < 1.29 is 0 Å². The zero-order valence-electron chi connectivity index (χ0n) is 7.32. The van der Waals surface area contributed by atoms with Crippen LogP contribution in [-0.4, -0.2) is 27.8 Å². The highest BCUT2D eigenvalue weighted by atomic mass is 35.5. The van der Waals surface area contributed by atoms with E-state index in [1.807, 2.05) is 0 Å². The van der Waals surface area contributed by atoms with Crippen LogP contribution in [0.2, 0.25) is 0 Å². The van der Waals surface area contributed by atoms with Crippen LogP contribution in [0.3, 0.4) is 0 Å². The lowest BCUT2D eigenvalue weighted by atomic mass is 9.92. The average molecular weight is 218 g/mol. The first-order chi connectivity index (χ1) is 6.42. The summed E-state index contributed by atoms with van der Waals surface area (Å²) in [4.78, 5) is 6.50. The Morgan fingerprint density at radius 3 is 2.92 bits per heavy atom. The third kappa shape index (κ3) is 1.94. The topological polar surface area (TPSA) is 29.0 Å². The van der Waals surface area contributed by atoms with E-state index in [4.69, 9.17) is 11.6 Å². The minimum Gasteiger partial charge on any atom is -0.343 e. The molecule has 1 heterocycles. The summed E-state index contributed by atoms with van der Waals surface area (Å²) < 4.78 is 4.01. The lowest BCUT2D eigenvalue weighted by Gasteiger charge is -2.36. The van der Waals surface area contributed by atoms with E-state index in [1.54, 1.807) is 6.33 Å². The molecular weight excluding hydrogens is 206 g/mol. The molecular formula is C8H12ClN3S. The van der Waals surface area contributed by atoms with E-state index in [-0.39, 0.29) is 0 Å². The van der Waals surface area contributed by atoms with Crippen LogP contribution in [0.5, 0.6) is 0 Å². The van der Waals surface area contributed by atoms with Gasteiger partial charge in [-0.2, -0.15) is 4.37 Å². The van der Waals surface area contributed by atoms with E-state index in [2.05, 4.69) is 14.3 Å². The molecule has 1 fully saturated rings. The number of rotatable bonds is 4. The second kappa shape index (κ2) is 4.24. The number of anilines is 1. The zero-order chi connectivity index (χ0) is 9.10. The highest BCUT2D eigenvalue weighted by Gasteiger charge is 2.26. The molecule has 3 nitrogen and oxygen atoms in total. The molecule has 0 aromatic carbocycles. The van der Waals surface area contributed by atoms with Gasteiger partial charge in [-0.15, -0.1) is 11.6 Å². The van der Waals surface area contributed by atoms with Crippen molar-refractivity contribution >= 4 is 28.3 Å². The fourth-order valence-corrected chi connectivity index (χ4v) is 2.33. The molecule has 5 heteroatoms. The number of alkyl halides is 1. The first kappa shape index (κ1) is 9.21. The summed E-state index contributed by atoms with van der Waals surface area (Å²) in [6.07, 6.45) is 5.50. The molecule has 1 aromatic rings. The minimum absolute atomic E-state index is 0.659. The van der Waals surface area contributed by atoms with Gasteiger partial charge < -0.3 is 4.90 Å². The van der Waals surface area contributed by atoms with E-state index in [9.17, 15) is 0 Å². The maximum Gasteiger partial charge on any atom is 0.205 e. The van der Waals surface area contributed by atoms with Crippen LogP contribution in [0.15, 0.2) is 6.33 Å². The van der Waals surface area contributed by atoms with Gasteiger partial charge in [0.25, 0.3) is 0 Å². The van der Waals surface area contributed by atoms with Crippen LogP contribution in [0.1, 0.15) is 19.3 Å². The van der Waals surface area contributed by atoms with E-state index in [0.29, 0.717) is 11.9 Å². The largest absolute Gasteiger partial charge is 0.343 e. The summed E-state index contributed by atoms with van der Waals surface area (Å²) >= 11 is 7.21. The molecule has 0 unspecified atom stereocenters. The monoisotopic (exact) mass is 217 g/mol. The molecule has 0 aliphatic heterocycles. The third-order valence-electron chi connectivity index (χ3n) is 2.44. The molecule has 72 valence electrons. The fraction of sp³-hybridized carbons (Fsp3) is 0.750. The van der Waals surface area contributed by atoms with Crippen molar-refractivity contribution in [1.29, 1.82) is 0 Å². The first-order valence-corrected chi connectivity index (χ1v) is 5.82. The Hall–Kier alpha value is -0.350. The molecule has 0 bridgehead atoms. The van der Waals surface area contributed by atoms with Crippen molar-refractivity contribution in [2.45, 2.75) is 25.3 Å². The highest BCUT2D eigenvalue weighted by Crippen LogP contribution is 2.29. The lowest BCUT2D eigenvalue weighted by Crippen LogP contribution is -2.41. The summed E-state index contributed by atoms with van der Waals surface area (Å²) in [6.45, 7) is 0.890. The normalized spacial score (nSPS) is 17.0. The maximum atomic E-state index is 5.75. The zero-order valence-corrected chi connectivity index (χ0v) is 8.89. The molecule has 1 aromatic heterocycles. The fourth-order valence-electron chi connectivity index (χ4n) is 1.52. The Morgan fingerprint density at radius 2 is 2.46 bits per heavy atom. The van der Waals surface area contributed by atoms with Crippen molar-refractivity contribution in [3.8, 4) is 0 Å². The van der Waals surface area contributed by atoms with Gasteiger partial charge in [0.15, 0.2) is 0 Å². The van der Waals surface area contributed by atoms with Crippen molar-refractivity contribution in [3.05, 3.63) is 6.33 Å². The van der Waals surface area contributed by atoms with Gasteiger partial charge >= 0.3 is 0 Å². The van der Waals surface area contributed by atoms with Gasteiger partial charge in [-0.25, -0.2) is 4.98 Å². The van der Waals surface area contributed by atoms with Gasteiger partial charge in [0.2, 0.25) is 5.13 Å². The van der Waals surface area contributed by atoms with Gasteiger partial charge in [0.1, 0.15) is 6.33 Å². The number of aromatic nitrogens is 2. The minimum atomic E-state index is 0.659. The van der Waals surface area contributed by atoms with Crippen LogP contribution in [-0.2, 0) is 0 Å². The second-order valence-corrected chi connectivity index (χ2v) is 4.33. The van der Waals surface area contributed by atoms with Crippen LogP contribution in [0, 0.1) is 0 Å². The van der Waals surface area contributed by atoms with Crippen LogP contribution in [0.4, 0.5) is 5.13 Å². The summed E-state index contributed by atoms with van der Waals surface area (Å²) in [5, 5.41) is 1.02. The average Bonchev–Trinajstić information content (AvgIpc) is 2.51. The first-order valence-electron chi connectivity index (χ1n) is 4.51. The molecule has 0 amide bonds. The number of nitrogens with zero attached hydrogens (tertiary/aromatic N) is 3. The molecule has 0 spiro atoms. The summed E-state index contributed by atoms with van der Waals surface area (Å²) in [5.74, 6) is 0.663. The van der Waals surface area contributed by atoms with Crippen molar-refractivity contribution in [2.75, 3.05) is 17.3 Å². The number of hydrogen-bond donors (Lipinski definition) is 0. The van der Waals surface area contributed by atoms with E-state index >= 15 is 0 Å². The predicted molar refractivity (Wildman–Crippen MR) is 55.6 cm³/mol. The van der Waals surface area contributed by atoms with Crippen LogP contribution < -0.4 is 4.90 Å². The van der Waals surface area contributed by atoms with Gasteiger partial charge in [-0.1, -0.05) is 0 Å². The Kier molecular flexibility index (Phi) is 3.01. The third-order valence-corrected chi connectivity index (χ3v) is 3.31. The van der Waals surface area contributed by atoms with Crippen molar-refractivity contribution in [3.63, 3.8) is 0 Å². The van der Waals surface area contributed by atoms with E-state index in [1.165, 1.54) is 30.8 Å². The van der Waals surface area contributed by atoms with Gasteiger partial charge in [0, 0.05) is 30.0 Å². The summed E-state index contributed by atoms with van der Waals surface area (Å²) in [5.41, 5.74) is 0. The SMILES string of the molecule is ClCCN(c1ncns1)C1CCC1. The van der Waals surface area contributed by atoms with Crippen LogP contribution in [0.25, 0.3) is 0 Å². The van der Waals surface area contributed by atoms with Gasteiger partial charge in [0.05, 0.1) is 0 Å². The molecule has 0 radical (unpaired) electrons.